The third kappa shape index (κ3) is 3.91. The molecule has 0 radical (unpaired) electrons. The molecule has 4 rings (SSSR count). The maximum Gasteiger partial charge on any atom is 0.259 e. The van der Waals surface area contributed by atoms with Gasteiger partial charge in [-0.1, -0.05) is 41.9 Å². The zero-order valence-corrected chi connectivity index (χ0v) is 16.9. The van der Waals surface area contributed by atoms with Crippen molar-refractivity contribution in [1.82, 2.24) is 14.7 Å². The van der Waals surface area contributed by atoms with Crippen LogP contribution < -0.4 is 0 Å². The van der Waals surface area contributed by atoms with Crippen molar-refractivity contribution in [2.24, 2.45) is 0 Å². The largest absolute Gasteiger partial charge is 0.367 e. The van der Waals surface area contributed by atoms with Crippen molar-refractivity contribution in [3.8, 4) is 5.69 Å². The molecule has 150 valence electrons. The minimum Gasteiger partial charge on any atom is -0.367 e. The van der Waals surface area contributed by atoms with Gasteiger partial charge in [-0.15, -0.1) is 0 Å². The molecule has 1 amide bonds. The molecule has 2 aromatic carbocycles. The number of morpholine rings is 1. The number of carbonyl (C=O) groups excluding carboxylic acids is 1. The quantitative estimate of drug-likeness (QED) is 0.631. The highest BCUT2D eigenvalue weighted by molar-refractivity contribution is 6.33. The van der Waals surface area contributed by atoms with Crippen LogP contribution in [0, 0.1) is 12.7 Å². The van der Waals surface area contributed by atoms with Crippen LogP contribution in [0.15, 0.2) is 54.6 Å². The van der Waals surface area contributed by atoms with Gasteiger partial charge in [0.15, 0.2) is 0 Å². The van der Waals surface area contributed by atoms with Crippen LogP contribution in [-0.4, -0.2) is 39.8 Å². The van der Waals surface area contributed by atoms with Gasteiger partial charge in [-0.3, -0.25) is 4.79 Å². The summed E-state index contributed by atoms with van der Waals surface area (Å²) in [6.07, 6.45) is -0.306. The van der Waals surface area contributed by atoms with E-state index in [2.05, 4.69) is 5.10 Å². The van der Waals surface area contributed by atoms with Crippen molar-refractivity contribution >= 4 is 17.5 Å². The second-order valence-corrected chi connectivity index (χ2v) is 7.55. The van der Waals surface area contributed by atoms with Gasteiger partial charge in [-0.2, -0.15) is 5.10 Å². The maximum absolute atomic E-state index is 13.3. The van der Waals surface area contributed by atoms with Gasteiger partial charge < -0.3 is 9.64 Å². The number of rotatable bonds is 3. The molecular weight excluding hydrogens is 393 g/mol. The Morgan fingerprint density at radius 2 is 1.83 bits per heavy atom. The Kier molecular flexibility index (Phi) is 5.39. The van der Waals surface area contributed by atoms with Crippen LogP contribution in [0.1, 0.15) is 34.6 Å². The fraction of sp³-hybridized carbons (Fsp3) is 0.273. The predicted molar refractivity (Wildman–Crippen MR) is 109 cm³/mol. The van der Waals surface area contributed by atoms with Crippen LogP contribution in [0.2, 0.25) is 5.15 Å². The molecule has 0 unspecified atom stereocenters. The summed E-state index contributed by atoms with van der Waals surface area (Å²) in [5, 5.41) is 4.62. The van der Waals surface area contributed by atoms with Crippen LogP contribution in [0.5, 0.6) is 0 Å². The number of benzene rings is 2. The summed E-state index contributed by atoms with van der Waals surface area (Å²) >= 11 is 6.54. The van der Waals surface area contributed by atoms with Gasteiger partial charge in [0, 0.05) is 6.54 Å². The second-order valence-electron chi connectivity index (χ2n) is 7.20. The highest BCUT2D eigenvalue weighted by atomic mass is 35.5. The SMILES string of the molecule is Cc1nn(-c2ccc(F)cc2)c(Cl)c1C(=O)N1C[C@@H](C)O[C@@H](c2ccccc2)C1. The molecule has 1 fully saturated rings. The summed E-state index contributed by atoms with van der Waals surface area (Å²) in [5.41, 5.74) is 2.51. The Balaban J connectivity index is 1.63. The van der Waals surface area contributed by atoms with E-state index in [4.69, 9.17) is 16.3 Å². The monoisotopic (exact) mass is 413 g/mol. The number of hydrogen-bond acceptors (Lipinski definition) is 3. The van der Waals surface area contributed by atoms with E-state index >= 15 is 0 Å². The summed E-state index contributed by atoms with van der Waals surface area (Å²) in [4.78, 5) is 15.1. The lowest BCUT2D eigenvalue weighted by Crippen LogP contribution is -2.46. The Morgan fingerprint density at radius 1 is 1.14 bits per heavy atom. The Morgan fingerprint density at radius 3 is 2.52 bits per heavy atom. The van der Waals surface area contributed by atoms with E-state index < -0.39 is 0 Å². The Hall–Kier alpha value is -2.70. The molecule has 0 N–H and O–H groups in total. The molecule has 7 heteroatoms. The first-order valence-electron chi connectivity index (χ1n) is 9.44. The van der Waals surface area contributed by atoms with Crippen molar-refractivity contribution in [1.29, 1.82) is 0 Å². The number of carbonyl (C=O) groups is 1. The number of ether oxygens (including phenoxy) is 1. The summed E-state index contributed by atoms with van der Waals surface area (Å²) in [6.45, 7) is 4.60. The summed E-state index contributed by atoms with van der Waals surface area (Å²) < 4.78 is 20.7. The number of halogens is 2. The molecule has 0 saturated carbocycles. The Bertz CT molecular complexity index is 1020. The average Bonchev–Trinajstić information content (AvgIpc) is 3.02. The average molecular weight is 414 g/mol. The van der Waals surface area contributed by atoms with E-state index in [1.807, 2.05) is 37.3 Å². The van der Waals surface area contributed by atoms with Gasteiger partial charge in [0.1, 0.15) is 17.1 Å². The Labute approximate surface area is 173 Å². The molecule has 5 nitrogen and oxygen atoms in total. The van der Waals surface area contributed by atoms with E-state index in [1.54, 1.807) is 24.0 Å². The molecule has 0 aliphatic carbocycles. The lowest BCUT2D eigenvalue weighted by molar-refractivity contribution is -0.0691. The molecule has 2 heterocycles. The standard InChI is InChI=1S/C22H21ClFN3O2/c1-14-12-26(13-19(29-14)16-6-4-3-5-7-16)22(28)20-15(2)25-27(21(20)23)18-10-8-17(24)9-11-18/h3-11,14,19H,12-13H2,1-2H3/t14-,19-/m1/s1. The van der Waals surface area contributed by atoms with Gasteiger partial charge in [-0.05, 0) is 43.7 Å². The van der Waals surface area contributed by atoms with Gasteiger partial charge in [-0.25, -0.2) is 9.07 Å². The van der Waals surface area contributed by atoms with Crippen LogP contribution in [0.25, 0.3) is 5.69 Å². The molecule has 1 aliphatic rings. The lowest BCUT2D eigenvalue weighted by Gasteiger charge is -2.37. The van der Waals surface area contributed by atoms with Crippen LogP contribution in [0.4, 0.5) is 4.39 Å². The lowest BCUT2D eigenvalue weighted by atomic mass is 10.1. The first-order chi connectivity index (χ1) is 13.9. The molecule has 1 saturated heterocycles. The molecular formula is C22H21ClFN3O2. The van der Waals surface area contributed by atoms with Crippen LogP contribution in [-0.2, 0) is 4.74 Å². The smallest absolute Gasteiger partial charge is 0.259 e. The zero-order chi connectivity index (χ0) is 20.5. The van der Waals surface area contributed by atoms with Gasteiger partial charge in [0.2, 0.25) is 0 Å². The summed E-state index contributed by atoms with van der Waals surface area (Å²) in [7, 11) is 0. The molecule has 0 bridgehead atoms. The van der Waals surface area contributed by atoms with E-state index in [1.165, 1.54) is 16.8 Å². The minimum atomic E-state index is -0.348. The summed E-state index contributed by atoms with van der Waals surface area (Å²) in [5.74, 6) is -0.531. The molecule has 0 spiro atoms. The first-order valence-corrected chi connectivity index (χ1v) is 9.82. The van der Waals surface area contributed by atoms with Crippen LogP contribution >= 0.6 is 11.6 Å². The number of aryl methyl sites for hydroxylation is 1. The number of nitrogens with zero attached hydrogens (tertiary/aromatic N) is 3. The highest BCUT2D eigenvalue weighted by Gasteiger charge is 2.33. The fourth-order valence-corrected chi connectivity index (χ4v) is 3.98. The van der Waals surface area contributed by atoms with Gasteiger partial charge in [0.25, 0.3) is 5.91 Å². The second kappa shape index (κ2) is 7.97. The van der Waals surface area contributed by atoms with Crippen molar-refractivity contribution in [3.63, 3.8) is 0 Å². The minimum absolute atomic E-state index is 0.107. The van der Waals surface area contributed by atoms with Crippen molar-refractivity contribution in [2.75, 3.05) is 13.1 Å². The topological polar surface area (TPSA) is 47.4 Å². The van der Waals surface area contributed by atoms with Gasteiger partial charge >= 0.3 is 0 Å². The number of hydrogen-bond donors (Lipinski definition) is 0. The van der Waals surface area contributed by atoms with E-state index in [9.17, 15) is 9.18 Å². The molecule has 1 aromatic heterocycles. The molecule has 29 heavy (non-hydrogen) atoms. The predicted octanol–water partition coefficient (Wildman–Crippen LogP) is 4.58. The van der Waals surface area contributed by atoms with Crippen LogP contribution in [0.3, 0.4) is 0 Å². The normalized spacial score (nSPS) is 19.4. The third-order valence-electron chi connectivity index (χ3n) is 5.01. The maximum atomic E-state index is 13.3. The third-order valence-corrected chi connectivity index (χ3v) is 5.36. The molecule has 1 aliphatic heterocycles. The van der Waals surface area contributed by atoms with E-state index in [0.717, 1.165) is 5.56 Å². The first kappa shape index (κ1) is 19.6. The van der Waals surface area contributed by atoms with Crippen molar-refractivity contribution < 1.29 is 13.9 Å². The number of aromatic nitrogens is 2. The van der Waals surface area contributed by atoms with E-state index in [0.29, 0.717) is 30.0 Å². The van der Waals surface area contributed by atoms with Crippen molar-refractivity contribution in [3.05, 3.63) is 82.4 Å². The zero-order valence-electron chi connectivity index (χ0n) is 16.2. The number of amides is 1. The fourth-order valence-electron chi connectivity index (χ4n) is 3.62. The summed E-state index contributed by atoms with van der Waals surface area (Å²) in [6, 6.07) is 15.7. The molecule has 2 atom stereocenters. The van der Waals surface area contributed by atoms with Gasteiger partial charge in [0.05, 0.1) is 29.6 Å². The van der Waals surface area contributed by atoms with E-state index in [-0.39, 0.29) is 29.1 Å². The van der Waals surface area contributed by atoms with Crippen molar-refractivity contribution in [2.45, 2.75) is 26.1 Å². The highest BCUT2D eigenvalue weighted by Crippen LogP contribution is 2.29. The molecule has 3 aromatic rings.